The van der Waals surface area contributed by atoms with Crippen molar-refractivity contribution in [3.05, 3.63) is 65.7 Å². The van der Waals surface area contributed by atoms with Crippen molar-refractivity contribution in [3.8, 4) is 0 Å². The first-order valence-electron chi connectivity index (χ1n) is 15.0. The number of hydrogen-bond acceptors (Lipinski definition) is 4. The summed E-state index contributed by atoms with van der Waals surface area (Å²) in [4.78, 5) is 42.9. The Hall–Kier alpha value is -3.55. The Labute approximate surface area is 236 Å². The summed E-state index contributed by atoms with van der Waals surface area (Å²) in [5.41, 5.74) is 3.55. The highest BCUT2D eigenvalue weighted by Crippen LogP contribution is 2.51. The van der Waals surface area contributed by atoms with E-state index >= 15 is 0 Å². The van der Waals surface area contributed by atoms with Gasteiger partial charge in [-0.25, -0.2) is 4.79 Å². The molecule has 2 aromatic carbocycles. The highest BCUT2D eigenvalue weighted by atomic mass is 16.2. The molecule has 1 saturated carbocycles. The number of piperidine rings is 1. The first kappa shape index (κ1) is 26.7. The van der Waals surface area contributed by atoms with Gasteiger partial charge in [0.25, 0.3) is 0 Å². The highest BCUT2D eigenvalue weighted by molar-refractivity contribution is 5.83. The molecule has 6 rings (SSSR count). The van der Waals surface area contributed by atoms with E-state index in [0.29, 0.717) is 19.0 Å². The Morgan fingerprint density at radius 1 is 0.825 bits per heavy atom. The van der Waals surface area contributed by atoms with Crippen molar-refractivity contribution in [2.24, 2.45) is 11.8 Å². The molecule has 3 heterocycles. The van der Waals surface area contributed by atoms with Gasteiger partial charge in [0, 0.05) is 50.2 Å². The molecule has 212 valence electrons. The van der Waals surface area contributed by atoms with Crippen LogP contribution in [0.4, 0.5) is 10.5 Å². The van der Waals surface area contributed by atoms with Crippen LogP contribution in [0.15, 0.2) is 54.6 Å². The number of carbonyl (C=O) groups is 3. The van der Waals surface area contributed by atoms with Crippen molar-refractivity contribution in [2.75, 3.05) is 25.0 Å². The van der Waals surface area contributed by atoms with Crippen molar-refractivity contribution in [2.45, 2.75) is 76.0 Å². The van der Waals surface area contributed by atoms with Crippen molar-refractivity contribution in [1.82, 2.24) is 20.4 Å². The molecule has 40 heavy (non-hydrogen) atoms. The van der Waals surface area contributed by atoms with Crippen molar-refractivity contribution >= 4 is 23.5 Å². The average molecular weight is 544 g/mol. The fourth-order valence-electron chi connectivity index (χ4n) is 7.51. The Kier molecular flexibility index (Phi) is 7.67. The number of likely N-dealkylation sites (tertiary alicyclic amines) is 2. The van der Waals surface area contributed by atoms with Crippen LogP contribution in [-0.4, -0.2) is 59.4 Å². The maximum Gasteiger partial charge on any atom is 0.315 e. The third-order valence-corrected chi connectivity index (χ3v) is 9.58. The molecule has 4 aliphatic rings. The minimum atomic E-state index is -0.213. The van der Waals surface area contributed by atoms with Crippen LogP contribution in [-0.2, 0) is 9.59 Å². The van der Waals surface area contributed by atoms with Crippen molar-refractivity contribution in [1.29, 1.82) is 0 Å². The molecule has 0 unspecified atom stereocenters. The Balaban J connectivity index is 1.16. The predicted octanol–water partition coefficient (Wildman–Crippen LogP) is 4.61. The van der Waals surface area contributed by atoms with Crippen LogP contribution in [0.1, 0.15) is 75.1 Å². The molecule has 0 bridgehead atoms. The van der Waals surface area contributed by atoms with Gasteiger partial charge in [-0.15, -0.1) is 0 Å². The van der Waals surface area contributed by atoms with Gasteiger partial charge in [-0.3, -0.25) is 9.59 Å². The van der Waals surface area contributed by atoms with Gasteiger partial charge in [-0.2, -0.15) is 0 Å². The van der Waals surface area contributed by atoms with Gasteiger partial charge in [0.2, 0.25) is 11.8 Å². The molecule has 3 fully saturated rings. The van der Waals surface area contributed by atoms with Crippen LogP contribution in [0.25, 0.3) is 0 Å². The Bertz CT molecular complexity index is 1230. The quantitative estimate of drug-likeness (QED) is 0.525. The minimum Gasteiger partial charge on any atom is -0.378 e. The zero-order valence-electron chi connectivity index (χ0n) is 23.4. The lowest BCUT2D eigenvalue weighted by Crippen LogP contribution is -2.54. The Morgan fingerprint density at radius 3 is 2.33 bits per heavy atom. The summed E-state index contributed by atoms with van der Waals surface area (Å²) in [6, 6.07) is 18.8. The van der Waals surface area contributed by atoms with Gasteiger partial charge in [0.05, 0.1) is 18.0 Å². The monoisotopic (exact) mass is 543 g/mol. The predicted molar refractivity (Wildman–Crippen MR) is 154 cm³/mol. The minimum absolute atomic E-state index is 0.0259. The standard InChI is InChI=1S/C32H41N5O3/c1-21(38)36-18-15-23(16-19-36)33-32(40)35-28-14-8-6-12-25(28)31(39)37-20-17-26-29(22-9-3-2-4-10-22)34-27-13-7-5-11-24(27)30(26)37/h2-5,7,9-11,13,23,25-26,28-30,34H,6,8,12,14-20H2,1H3,(H2,33,35,40)/t25-,26+,28+,29-,30-/m0/s1. The van der Waals surface area contributed by atoms with Crippen molar-refractivity contribution in [3.63, 3.8) is 0 Å². The average Bonchev–Trinajstić information content (AvgIpc) is 3.43. The molecule has 4 amide bonds. The Morgan fingerprint density at radius 2 is 1.55 bits per heavy atom. The third kappa shape index (κ3) is 5.28. The van der Waals surface area contributed by atoms with E-state index in [2.05, 4.69) is 69.4 Å². The van der Waals surface area contributed by atoms with E-state index in [1.165, 1.54) is 11.1 Å². The zero-order valence-corrected chi connectivity index (χ0v) is 23.4. The molecule has 0 spiro atoms. The van der Waals surface area contributed by atoms with Gasteiger partial charge in [-0.1, -0.05) is 61.4 Å². The lowest BCUT2D eigenvalue weighted by Gasteiger charge is -2.42. The molecule has 2 saturated heterocycles. The van der Waals surface area contributed by atoms with E-state index in [1.807, 2.05) is 11.0 Å². The zero-order chi connectivity index (χ0) is 27.6. The van der Waals surface area contributed by atoms with E-state index in [-0.39, 0.29) is 47.9 Å². The van der Waals surface area contributed by atoms with Crippen LogP contribution >= 0.6 is 0 Å². The number of hydrogen-bond donors (Lipinski definition) is 3. The van der Waals surface area contributed by atoms with Crippen LogP contribution in [0.5, 0.6) is 0 Å². The lowest BCUT2D eigenvalue weighted by molar-refractivity contribution is -0.139. The number of anilines is 1. The number of carbonyl (C=O) groups excluding carboxylic acids is 3. The van der Waals surface area contributed by atoms with Crippen LogP contribution in [0, 0.1) is 11.8 Å². The van der Waals surface area contributed by atoms with Crippen LogP contribution < -0.4 is 16.0 Å². The second kappa shape index (κ2) is 11.5. The van der Waals surface area contributed by atoms with E-state index in [9.17, 15) is 14.4 Å². The van der Waals surface area contributed by atoms with Crippen LogP contribution in [0.2, 0.25) is 0 Å². The largest absolute Gasteiger partial charge is 0.378 e. The first-order chi connectivity index (χ1) is 19.5. The van der Waals surface area contributed by atoms with Gasteiger partial charge < -0.3 is 25.8 Å². The summed E-state index contributed by atoms with van der Waals surface area (Å²) in [5.74, 6) is 0.341. The lowest BCUT2D eigenvalue weighted by atomic mass is 9.79. The number of nitrogens with one attached hydrogen (secondary N) is 3. The molecule has 3 N–H and O–H groups in total. The molecule has 5 atom stereocenters. The summed E-state index contributed by atoms with van der Waals surface area (Å²) >= 11 is 0. The smallest absolute Gasteiger partial charge is 0.315 e. The molecule has 8 heteroatoms. The van der Waals surface area contributed by atoms with Crippen molar-refractivity contribution < 1.29 is 14.4 Å². The normalized spacial score (nSPS) is 28.2. The van der Waals surface area contributed by atoms with E-state index in [1.54, 1.807) is 6.92 Å². The van der Waals surface area contributed by atoms with Crippen LogP contribution in [0.3, 0.4) is 0 Å². The van der Waals surface area contributed by atoms with Gasteiger partial charge in [0.15, 0.2) is 0 Å². The maximum atomic E-state index is 14.3. The van der Waals surface area contributed by atoms with Gasteiger partial charge in [0.1, 0.15) is 0 Å². The summed E-state index contributed by atoms with van der Waals surface area (Å²) in [7, 11) is 0. The second-order valence-corrected chi connectivity index (χ2v) is 11.9. The molecule has 3 aliphatic heterocycles. The number of rotatable bonds is 4. The number of nitrogens with zero attached hydrogens (tertiary/aromatic N) is 2. The number of para-hydroxylation sites is 1. The molecular formula is C32H41N5O3. The fourth-order valence-corrected chi connectivity index (χ4v) is 7.51. The number of amides is 4. The summed E-state index contributed by atoms with van der Waals surface area (Å²) in [6.45, 7) is 3.66. The molecule has 0 radical (unpaired) electrons. The molecule has 0 aromatic heterocycles. The second-order valence-electron chi connectivity index (χ2n) is 11.9. The molecule has 1 aliphatic carbocycles. The van der Waals surface area contributed by atoms with E-state index in [4.69, 9.17) is 0 Å². The molecular weight excluding hydrogens is 502 g/mol. The van der Waals surface area contributed by atoms with Gasteiger partial charge >= 0.3 is 6.03 Å². The molecule has 2 aromatic rings. The maximum absolute atomic E-state index is 14.3. The summed E-state index contributed by atoms with van der Waals surface area (Å²) in [5, 5.41) is 10.1. The number of urea groups is 1. The molecule has 8 nitrogen and oxygen atoms in total. The SMILES string of the molecule is CC(=O)N1CCC(NC(=O)N[C@@H]2CCCC[C@@H]2C(=O)N2CC[C@@H]3[C@H](c4ccccc4)Nc4ccccc4[C@@H]32)CC1. The summed E-state index contributed by atoms with van der Waals surface area (Å²) in [6.07, 6.45) is 6.10. The topological polar surface area (TPSA) is 93.8 Å². The van der Waals surface area contributed by atoms with Gasteiger partial charge in [-0.05, 0) is 49.3 Å². The number of fused-ring (bicyclic) bond motifs is 3. The summed E-state index contributed by atoms with van der Waals surface area (Å²) < 4.78 is 0. The number of benzene rings is 2. The first-order valence-corrected chi connectivity index (χ1v) is 15.0. The van der Waals surface area contributed by atoms with E-state index < -0.39 is 0 Å². The highest BCUT2D eigenvalue weighted by Gasteiger charge is 2.48. The fraction of sp³-hybridized carbons (Fsp3) is 0.531. The third-order valence-electron chi connectivity index (χ3n) is 9.58. The van der Waals surface area contributed by atoms with E-state index in [0.717, 1.165) is 57.2 Å².